The van der Waals surface area contributed by atoms with Crippen molar-refractivity contribution in [1.82, 2.24) is 0 Å². The van der Waals surface area contributed by atoms with Crippen molar-refractivity contribution in [2.45, 2.75) is 143 Å². The Balaban J connectivity index is 5.55. The molecule has 0 aliphatic rings. The van der Waals surface area contributed by atoms with Gasteiger partial charge in [-0.2, -0.15) is 0 Å². The van der Waals surface area contributed by atoms with Gasteiger partial charge >= 0.3 is 36.5 Å². The van der Waals surface area contributed by atoms with Crippen LogP contribution in [-0.2, 0) is 42.9 Å². The topological polar surface area (TPSA) is 122 Å². The van der Waals surface area contributed by atoms with E-state index in [2.05, 4.69) is 0 Å². The van der Waals surface area contributed by atoms with Crippen LogP contribution in [-0.4, -0.2) is 42.2 Å². The normalized spacial score (nSPS) is 10.8. The number of ether oxygens (including phenoxy) is 4. The Morgan fingerprint density at radius 1 is 0.417 bits per heavy atom. The molecule has 9 nitrogen and oxygen atoms in total. The van der Waals surface area contributed by atoms with E-state index in [1.54, 1.807) is 0 Å². The number of esters is 4. The Morgan fingerprint density at radius 2 is 0.639 bits per heavy atom. The third-order valence-corrected chi connectivity index (χ3v) is 5.36. The molecule has 0 rings (SSSR count). The number of rotatable bonds is 22. The zero-order valence-electron chi connectivity index (χ0n) is 22.6. The van der Waals surface area contributed by atoms with Crippen LogP contribution in [0.2, 0.25) is 0 Å². The van der Waals surface area contributed by atoms with Crippen LogP contribution < -0.4 is 0 Å². The molecule has 208 valence electrons. The summed E-state index contributed by atoms with van der Waals surface area (Å²) in [7, 11) is 0. The molecule has 0 unspecified atom stereocenters. The standard InChI is InChI=1S/C27H46O9/c1-5-9-13-17-21(28)33-26(34-22(29)18-14-10-6-2)25(32)27(35-23(30)19-15-11-7-3)36-24(31)20-16-12-8-4/h26-27H,5-20H2,1-4H3. The molecule has 36 heavy (non-hydrogen) atoms. The lowest BCUT2D eigenvalue weighted by atomic mass is 10.2. The summed E-state index contributed by atoms with van der Waals surface area (Å²) in [5.74, 6) is -4.04. The molecule has 0 heterocycles. The SMILES string of the molecule is CCCCCC(=O)OC(OC(=O)CCCCC)C(=O)C(OC(=O)CCCCC)OC(=O)CCCCC. The lowest BCUT2D eigenvalue weighted by Crippen LogP contribution is -2.43. The molecule has 0 radical (unpaired) electrons. The Kier molecular flexibility index (Phi) is 20.3. The fraction of sp³-hybridized carbons (Fsp3) is 0.815. The lowest BCUT2D eigenvalue weighted by molar-refractivity contribution is -0.212. The summed E-state index contributed by atoms with van der Waals surface area (Å²) in [6.07, 6.45) is 5.05. The highest BCUT2D eigenvalue weighted by Crippen LogP contribution is 2.14. The van der Waals surface area contributed by atoms with E-state index in [4.69, 9.17) is 18.9 Å². The highest BCUT2D eigenvalue weighted by Gasteiger charge is 2.38. The summed E-state index contributed by atoms with van der Waals surface area (Å²) in [5.41, 5.74) is 0. The molecule has 0 atom stereocenters. The van der Waals surface area contributed by atoms with Crippen molar-refractivity contribution < 1.29 is 42.9 Å². The minimum atomic E-state index is -1.97. The minimum Gasteiger partial charge on any atom is -0.417 e. The molecular weight excluding hydrogens is 468 g/mol. The molecule has 0 N–H and O–H groups in total. The molecule has 0 fully saturated rings. The largest absolute Gasteiger partial charge is 0.417 e. The van der Waals surface area contributed by atoms with Crippen LogP contribution in [0.25, 0.3) is 0 Å². The first-order valence-corrected chi connectivity index (χ1v) is 13.6. The van der Waals surface area contributed by atoms with Crippen LogP contribution in [0.5, 0.6) is 0 Å². The minimum absolute atomic E-state index is 0.0310. The molecule has 0 bridgehead atoms. The molecule has 0 spiro atoms. The predicted molar refractivity (Wildman–Crippen MR) is 134 cm³/mol. The highest BCUT2D eigenvalue weighted by atomic mass is 16.7. The maximum absolute atomic E-state index is 13.2. The van der Waals surface area contributed by atoms with Gasteiger partial charge in [-0.25, -0.2) is 0 Å². The smallest absolute Gasteiger partial charge is 0.313 e. The van der Waals surface area contributed by atoms with Gasteiger partial charge in [-0.05, 0) is 25.7 Å². The van der Waals surface area contributed by atoms with Crippen LogP contribution in [0.15, 0.2) is 0 Å². The molecular formula is C27H46O9. The predicted octanol–water partition coefficient (Wildman–Crippen LogP) is 5.70. The molecule has 0 aromatic heterocycles. The number of carbonyl (C=O) groups is 5. The van der Waals surface area contributed by atoms with Crippen LogP contribution in [0, 0.1) is 0 Å². The van der Waals surface area contributed by atoms with E-state index in [1.165, 1.54) is 0 Å². The van der Waals surface area contributed by atoms with Gasteiger partial charge in [0.2, 0.25) is 0 Å². The summed E-state index contributed by atoms with van der Waals surface area (Å²) in [6.45, 7) is 7.91. The number of Topliss-reactive ketones (excluding diaryl/α,β-unsaturated/α-hetero) is 1. The van der Waals surface area contributed by atoms with Gasteiger partial charge in [0.1, 0.15) is 0 Å². The van der Waals surface area contributed by atoms with Crippen molar-refractivity contribution in [2.75, 3.05) is 0 Å². The molecule has 0 saturated carbocycles. The van der Waals surface area contributed by atoms with Gasteiger partial charge in [-0.1, -0.05) is 79.1 Å². The van der Waals surface area contributed by atoms with Crippen molar-refractivity contribution in [3.63, 3.8) is 0 Å². The summed E-state index contributed by atoms with van der Waals surface area (Å²) in [4.78, 5) is 62.4. The summed E-state index contributed by atoms with van der Waals surface area (Å²) in [5, 5.41) is 0. The first-order chi connectivity index (χ1) is 17.3. The molecule has 0 aromatic carbocycles. The molecule has 0 amide bonds. The second-order valence-corrected chi connectivity index (χ2v) is 8.85. The lowest BCUT2D eigenvalue weighted by Gasteiger charge is -2.22. The number of carbonyl (C=O) groups excluding carboxylic acids is 5. The fourth-order valence-electron chi connectivity index (χ4n) is 3.18. The van der Waals surface area contributed by atoms with Crippen LogP contribution in [0.3, 0.4) is 0 Å². The van der Waals surface area contributed by atoms with E-state index in [-0.39, 0.29) is 25.7 Å². The first kappa shape index (κ1) is 33.5. The van der Waals surface area contributed by atoms with E-state index in [0.717, 1.165) is 51.4 Å². The Morgan fingerprint density at radius 3 is 0.833 bits per heavy atom. The number of hydrogen-bond acceptors (Lipinski definition) is 9. The zero-order valence-corrected chi connectivity index (χ0v) is 22.6. The Labute approximate surface area is 215 Å². The van der Waals surface area contributed by atoms with Gasteiger partial charge in [-0.3, -0.25) is 24.0 Å². The molecule has 0 saturated heterocycles. The summed E-state index contributed by atoms with van der Waals surface area (Å²) in [6, 6.07) is 0. The van der Waals surface area contributed by atoms with Crippen molar-refractivity contribution in [3.8, 4) is 0 Å². The number of hydrogen-bond donors (Lipinski definition) is 0. The second kappa shape index (κ2) is 21.8. The van der Waals surface area contributed by atoms with E-state index in [9.17, 15) is 24.0 Å². The maximum atomic E-state index is 13.2. The number of ketones is 1. The van der Waals surface area contributed by atoms with Gasteiger partial charge in [0.15, 0.2) is 0 Å². The highest BCUT2D eigenvalue weighted by molar-refractivity contribution is 5.91. The summed E-state index contributed by atoms with van der Waals surface area (Å²) < 4.78 is 20.7. The van der Waals surface area contributed by atoms with E-state index >= 15 is 0 Å². The fourth-order valence-corrected chi connectivity index (χ4v) is 3.18. The van der Waals surface area contributed by atoms with Gasteiger partial charge in [-0.15, -0.1) is 0 Å². The van der Waals surface area contributed by atoms with Crippen LogP contribution in [0.1, 0.15) is 130 Å². The van der Waals surface area contributed by atoms with Crippen molar-refractivity contribution in [2.24, 2.45) is 0 Å². The van der Waals surface area contributed by atoms with Crippen molar-refractivity contribution in [1.29, 1.82) is 0 Å². The molecule has 9 heteroatoms. The van der Waals surface area contributed by atoms with Crippen molar-refractivity contribution in [3.05, 3.63) is 0 Å². The van der Waals surface area contributed by atoms with Gasteiger partial charge in [0.05, 0.1) is 0 Å². The average molecular weight is 515 g/mol. The van der Waals surface area contributed by atoms with Gasteiger partial charge in [0.25, 0.3) is 5.78 Å². The molecule has 0 aromatic rings. The third kappa shape index (κ3) is 17.1. The van der Waals surface area contributed by atoms with Gasteiger partial charge < -0.3 is 18.9 Å². The first-order valence-electron chi connectivity index (χ1n) is 13.6. The van der Waals surface area contributed by atoms with Gasteiger partial charge in [0, 0.05) is 25.7 Å². The van der Waals surface area contributed by atoms with Crippen LogP contribution in [0.4, 0.5) is 0 Å². The molecule has 0 aliphatic heterocycles. The van der Waals surface area contributed by atoms with E-state index in [0.29, 0.717) is 25.7 Å². The van der Waals surface area contributed by atoms with Crippen LogP contribution >= 0.6 is 0 Å². The Bertz CT molecular complexity index is 558. The number of unbranched alkanes of at least 4 members (excludes halogenated alkanes) is 8. The second-order valence-electron chi connectivity index (χ2n) is 8.85. The third-order valence-electron chi connectivity index (χ3n) is 5.36. The molecule has 0 aliphatic carbocycles. The van der Waals surface area contributed by atoms with E-state index in [1.807, 2.05) is 27.7 Å². The summed E-state index contributed by atoms with van der Waals surface area (Å²) >= 11 is 0. The zero-order chi connectivity index (χ0) is 27.2. The Hall–Kier alpha value is -2.45. The average Bonchev–Trinajstić information content (AvgIpc) is 2.83. The quantitative estimate of drug-likeness (QED) is 0.102. The van der Waals surface area contributed by atoms with Crippen molar-refractivity contribution >= 4 is 29.7 Å². The van der Waals surface area contributed by atoms with E-state index < -0.39 is 42.2 Å². The monoisotopic (exact) mass is 514 g/mol. The maximum Gasteiger partial charge on any atom is 0.313 e.